The SMILES string of the molecule is CCSCCOC(=O)C1=C(C)NC2=C(C(=O)CC(C)(C)C2)[C@@H]1c1coc2ccc(C)cc2c1=O. The molecule has 6 nitrogen and oxygen atoms in total. The molecule has 0 spiro atoms. The highest BCUT2D eigenvalue weighted by Gasteiger charge is 2.44. The van der Waals surface area contributed by atoms with Crippen molar-refractivity contribution in [3.63, 3.8) is 0 Å². The number of rotatable bonds is 6. The van der Waals surface area contributed by atoms with Gasteiger partial charge < -0.3 is 14.5 Å². The first kappa shape index (κ1) is 24.3. The summed E-state index contributed by atoms with van der Waals surface area (Å²) in [6.45, 7) is 10.1. The minimum Gasteiger partial charge on any atom is -0.464 e. The molecule has 1 aliphatic carbocycles. The van der Waals surface area contributed by atoms with Crippen LogP contribution in [-0.4, -0.2) is 29.9 Å². The number of Topliss-reactive ketones (excluding diaryl/α,β-unsaturated/α-hetero) is 1. The van der Waals surface area contributed by atoms with Crippen LogP contribution in [0.15, 0.2) is 56.2 Å². The molecule has 0 unspecified atom stereocenters. The van der Waals surface area contributed by atoms with Crippen LogP contribution < -0.4 is 10.7 Å². The van der Waals surface area contributed by atoms with E-state index in [1.165, 1.54) is 6.26 Å². The summed E-state index contributed by atoms with van der Waals surface area (Å²) in [5.41, 5.74) is 3.38. The average Bonchev–Trinajstić information content (AvgIpc) is 2.75. The van der Waals surface area contributed by atoms with Gasteiger partial charge in [0.25, 0.3) is 0 Å². The molecule has 2 heterocycles. The van der Waals surface area contributed by atoms with Crippen LogP contribution in [0.4, 0.5) is 0 Å². The monoisotopic (exact) mass is 481 g/mol. The fourth-order valence-corrected chi connectivity index (χ4v) is 5.38. The Balaban J connectivity index is 1.87. The summed E-state index contributed by atoms with van der Waals surface area (Å²) in [4.78, 5) is 40.4. The predicted octanol–water partition coefficient (Wildman–Crippen LogP) is 5.00. The summed E-state index contributed by atoms with van der Waals surface area (Å²) in [7, 11) is 0. The summed E-state index contributed by atoms with van der Waals surface area (Å²) in [5, 5.41) is 3.74. The number of benzene rings is 1. The van der Waals surface area contributed by atoms with Crippen LogP contribution in [0.2, 0.25) is 0 Å². The predicted molar refractivity (Wildman–Crippen MR) is 135 cm³/mol. The molecule has 0 bridgehead atoms. The van der Waals surface area contributed by atoms with Crippen LogP contribution in [-0.2, 0) is 14.3 Å². The Bertz CT molecular complexity index is 1280. The van der Waals surface area contributed by atoms with E-state index in [1.807, 2.05) is 33.8 Å². The number of carbonyl (C=O) groups excluding carboxylic acids is 2. The van der Waals surface area contributed by atoms with Crippen LogP contribution >= 0.6 is 11.8 Å². The number of hydrogen-bond acceptors (Lipinski definition) is 7. The van der Waals surface area contributed by atoms with Crippen molar-refractivity contribution >= 4 is 34.5 Å². The second-order valence-electron chi connectivity index (χ2n) is 9.78. The smallest absolute Gasteiger partial charge is 0.336 e. The lowest BCUT2D eigenvalue weighted by molar-refractivity contribution is -0.138. The van der Waals surface area contributed by atoms with E-state index in [0.717, 1.165) is 17.0 Å². The first-order valence-electron chi connectivity index (χ1n) is 11.6. The Hall–Kier alpha value is -2.80. The molecule has 0 fully saturated rings. The molecule has 34 heavy (non-hydrogen) atoms. The zero-order chi connectivity index (χ0) is 24.6. The molecule has 0 amide bonds. The molecule has 180 valence electrons. The van der Waals surface area contributed by atoms with Crippen LogP contribution in [0.25, 0.3) is 11.0 Å². The van der Waals surface area contributed by atoms with Crippen molar-refractivity contribution in [3.05, 3.63) is 68.4 Å². The molecule has 2 aliphatic rings. The highest BCUT2D eigenvalue weighted by Crippen LogP contribution is 2.46. The van der Waals surface area contributed by atoms with Crippen molar-refractivity contribution in [1.29, 1.82) is 0 Å². The quantitative estimate of drug-likeness (QED) is 0.459. The number of nitrogens with one attached hydrogen (secondary N) is 1. The minimum atomic E-state index is -0.827. The zero-order valence-electron chi connectivity index (χ0n) is 20.4. The number of thioether (sulfide) groups is 1. The van der Waals surface area contributed by atoms with Crippen molar-refractivity contribution in [2.45, 2.75) is 53.4 Å². The standard InChI is InChI=1S/C27H31NO5S/c1-6-34-10-9-32-26(31)22-16(3)28-19-12-27(4,5)13-20(29)24(19)23(22)18-14-33-21-8-7-15(2)11-17(21)25(18)30/h7-8,11,14,23,28H,6,9-10,12-13H2,1-5H3/t23-/m1/s1. The van der Waals surface area contributed by atoms with E-state index in [2.05, 4.69) is 5.32 Å². The van der Waals surface area contributed by atoms with Gasteiger partial charge in [0.15, 0.2) is 11.2 Å². The Morgan fingerprint density at radius 2 is 2.00 bits per heavy atom. The van der Waals surface area contributed by atoms with Crippen molar-refractivity contribution in [2.24, 2.45) is 5.41 Å². The molecule has 1 aliphatic heterocycles. The molecule has 0 saturated heterocycles. The summed E-state index contributed by atoms with van der Waals surface area (Å²) in [6, 6.07) is 5.42. The van der Waals surface area contributed by atoms with Gasteiger partial charge in [-0.05, 0) is 43.6 Å². The number of hydrogen-bond donors (Lipinski definition) is 1. The van der Waals surface area contributed by atoms with Gasteiger partial charge in [0.1, 0.15) is 12.2 Å². The van der Waals surface area contributed by atoms with Crippen molar-refractivity contribution in [1.82, 2.24) is 5.32 Å². The minimum absolute atomic E-state index is 0.0631. The molecule has 0 radical (unpaired) electrons. The molecule has 1 aromatic heterocycles. The number of allylic oxidation sites excluding steroid dienone is 3. The lowest BCUT2D eigenvalue weighted by atomic mass is 9.68. The molecular weight excluding hydrogens is 450 g/mol. The number of ether oxygens (including phenoxy) is 1. The van der Waals surface area contributed by atoms with Crippen LogP contribution in [0, 0.1) is 12.3 Å². The summed E-state index contributed by atoms with van der Waals surface area (Å²) in [6.07, 6.45) is 2.40. The number of aryl methyl sites for hydroxylation is 1. The van der Waals surface area contributed by atoms with Gasteiger partial charge in [0.2, 0.25) is 0 Å². The van der Waals surface area contributed by atoms with Crippen molar-refractivity contribution in [2.75, 3.05) is 18.1 Å². The van der Waals surface area contributed by atoms with Crippen molar-refractivity contribution in [3.8, 4) is 0 Å². The molecule has 1 N–H and O–H groups in total. The fourth-order valence-electron chi connectivity index (χ4n) is 4.89. The Kier molecular flexibility index (Phi) is 6.76. The largest absolute Gasteiger partial charge is 0.464 e. The van der Waals surface area contributed by atoms with Gasteiger partial charge in [-0.15, -0.1) is 0 Å². The number of carbonyl (C=O) groups is 2. The normalized spacial score (nSPS) is 19.8. The van der Waals surface area contributed by atoms with Gasteiger partial charge >= 0.3 is 5.97 Å². The fraction of sp³-hybridized carbons (Fsp3) is 0.444. The highest BCUT2D eigenvalue weighted by atomic mass is 32.2. The van der Waals surface area contributed by atoms with Crippen LogP contribution in [0.1, 0.15) is 57.6 Å². The van der Waals surface area contributed by atoms with E-state index in [1.54, 1.807) is 30.8 Å². The molecule has 0 saturated carbocycles. The van der Waals surface area contributed by atoms with Gasteiger partial charge in [-0.3, -0.25) is 9.59 Å². The molecule has 7 heteroatoms. The third-order valence-corrected chi connectivity index (χ3v) is 7.25. The van der Waals surface area contributed by atoms with E-state index < -0.39 is 11.9 Å². The molecule has 1 atom stereocenters. The lowest BCUT2D eigenvalue weighted by Gasteiger charge is -2.39. The average molecular weight is 482 g/mol. The van der Waals surface area contributed by atoms with Crippen LogP contribution in [0.5, 0.6) is 0 Å². The first-order chi connectivity index (χ1) is 16.1. The van der Waals surface area contributed by atoms with Gasteiger partial charge in [-0.25, -0.2) is 4.79 Å². The Morgan fingerprint density at radius 1 is 1.24 bits per heavy atom. The number of esters is 1. The molecule has 2 aromatic rings. The maximum Gasteiger partial charge on any atom is 0.336 e. The number of dihydropyridines is 1. The summed E-state index contributed by atoms with van der Waals surface area (Å²) < 4.78 is 11.4. The van der Waals surface area contributed by atoms with Gasteiger partial charge in [0, 0.05) is 34.7 Å². The van der Waals surface area contributed by atoms with Gasteiger partial charge in [-0.1, -0.05) is 32.4 Å². The molecule has 4 rings (SSSR count). The van der Waals surface area contributed by atoms with Crippen LogP contribution in [0.3, 0.4) is 0 Å². The zero-order valence-corrected chi connectivity index (χ0v) is 21.2. The van der Waals surface area contributed by atoms with Gasteiger partial charge in [-0.2, -0.15) is 11.8 Å². The van der Waals surface area contributed by atoms with E-state index in [4.69, 9.17) is 9.15 Å². The summed E-state index contributed by atoms with van der Waals surface area (Å²) >= 11 is 1.68. The maximum absolute atomic E-state index is 13.7. The third kappa shape index (κ3) is 4.58. The third-order valence-electron chi connectivity index (χ3n) is 6.39. The number of fused-ring (bicyclic) bond motifs is 1. The summed E-state index contributed by atoms with van der Waals surface area (Å²) in [5.74, 6) is 0.214. The number of ketones is 1. The van der Waals surface area contributed by atoms with E-state index >= 15 is 0 Å². The Labute approximate surface area is 203 Å². The van der Waals surface area contributed by atoms with Crippen molar-refractivity contribution < 1.29 is 18.7 Å². The molecular formula is C27H31NO5S. The first-order valence-corrected chi connectivity index (χ1v) is 12.8. The molecule has 1 aromatic carbocycles. The van der Waals surface area contributed by atoms with E-state index in [-0.39, 0.29) is 28.8 Å². The Morgan fingerprint density at radius 3 is 2.74 bits per heavy atom. The van der Waals surface area contributed by atoms with Gasteiger partial charge in [0.05, 0.1) is 23.1 Å². The van der Waals surface area contributed by atoms with E-state index in [0.29, 0.717) is 46.4 Å². The maximum atomic E-state index is 13.7. The second kappa shape index (κ2) is 9.45. The highest BCUT2D eigenvalue weighted by molar-refractivity contribution is 7.99. The van der Waals surface area contributed by atoms with E-state index in [9.17, 15) is 14.4 Å². The second-order valence-corrected chi connectivity index (χ2v) is 11.2. The topological polar surface area (TPSA) is 85.6 Å². The lowest BCUT2D eigenvalue weighted by Crippen LogP contribution is -2.39.